The van der Waals surface area contributed by atoms with Gasteiger partial charge >= 0.3 is 0 Å². The van der Waals surface area contributed by atoms with Gasteiger partial charge in [-0.15, -0.1) is 24.0 Å². The van der Waals surface area contributed by atoms with E-state index >= 15 is 0 Å². The Kier molecular flexibility index (Phi) is 11.0. The van der Waals surface area contributed by atoms with E-state index in [0.717, 1.165) is 5.56 Å². The minimum Gasteiger partial charge on any atom is -0.396 e. The number of pyridine rings is 1. The van der Waals surface area contributed by atoms with Gasteiger partial charge in [0.15, 0.2) is 5.96 Å². The van der Waals surface area contributed by atoms with Crippen molar-refractivity contribution in [2.75, 3.05) is 33.3 Å². The van der Waals surface area contributed by atoms with Crippen molar-refractivity contribution in [3.8, 4) is 0 Å². The summed E-state index contributed by atoms with van der Waals surface area (Å²) in [5.74, 6) is 0.447. The highest BCUT2D eigenvalue weighted by atomic mass is 127. The molecule has 1 aromatic heterocycles. The van der Waals surface area contributed by atoms with Crippen LogP contribution in [0.4, 0.5) is 0 Å². The Hall–Kier alpha value is -2.20. The maximum Gasteiger partial charge on any atom is 0.252 e. The van der Waals surface area contributed by atoms with Crippen molar-refractivity contribution in [2.24, 2.45) is 4.99 Å². The lowest BCUT2D eigenvalue weighted by molar-refractivity contribution is 0.0954. The van der Waals surface area contributed by atoms with E-state index in [1.54, 1.807) is 25.4 Å². The van der Waals surface area contributed by atoms with Crippen LogP contribution < -0.4 is 16.0 Å². The Labute approximate surface area is 176 Å². The van der Waals surface area contributed by atoms with Crippen molar-refractivity contribution in [1.82, 2.24) is 20.9 Å². The zero-order chi connectivity index (χ0) is 18.6. The molecule has 1 amide bonds. The van der Waals surface area contributed by atoms with E-state index in [-0.39, 0.29) is 42.4 Å². The van der Waals surface area contributed by atoms with Crippen molar-refractivity contribution in [3.63, 3.8) is 0 Å². The van der Waals surface area contributed by atoms with E-state index in [2.05, 4.69) is 25.9 Å². The van der Waals surface area contributed by atoms with Gasteiger partial charge in [0.05, 0.1) is 12.2 Å². The normalized spacial score (nSPS) is 11.9. The number of halogens is 1. The van der Waals surface area contributed by atoms with Crippen LogP contribution in [0.1, 0.15) is 21.8 Å². The predicted molar refractivity (Wildman–Crippen MR) is 118 cm³/mol. The van der Waals surface area contributed by atoms with Crippen molar-refractivity contribution in [1.29, 1.82) is 0 Å². The molecule has 0 aliphatic rings. The van der Waals surface area contributed by atoms with Gasteiger partial charge in [-0.3, -0.25) is 14.8 Å². The molecule has 1 heterocycles. The molecule has 1 unspecified atom stereocenters. The molecular formula is C19H26IN5O2. The molecule has 7 nitrogen and oxygen atoms in total. The van der Waals surface area contributed by atoms with Gasteiger partial charge in [-0.1, -0.05) is 30.3 Å². The lowest BCUT2D eigenvalue weighted by Gasteiger charge is -2.18. The highest BCUT2D eigenvalue weighted by molar-refractivity contribution is 14.0. The molecule has 8 heteroatoms. The first-order valence-corrected chi connectivity index (χ1v) is 8.53. The second-order valence-corrected chi connectivity index (χ2v) is 5.67. The van der Waals surface area contributed by atoms with Crippen LogP contribution in [0.25, 0.3) is 0 Å². The number of aliphatic imine (C=N–C) groups is 1. The van der Waals surface area contributed by atoms with E-state index in [1.165, 1.54) is 6.20 Å². The number of carbonyl (C=O) groups is 1. The Morgan fingerprint density at radius 2 is 1.85 bits per heavy atom. The number of amides is 1. The van der Waals surface area contributed by atoms with Crippen LogP contribution in [0.15, 0.2) is 59.9 Å². The SMILES string of the molecule is CN=C(NCCNC(=O)c1cccnc1)NCC(CO)c1ccccc1.I. The summed E-state index contributed by atoms with van der Waals surface area (Å²) < 4.78 is 0. The summed E-state index contributed by atoms with van der Waals surface area (Å²) >= 11 is 0. The van der Waals surface area contributed by atoms with E-state index in [1.807, 2.05) is 30.3 Å². The van der Waals surface area contributed by atoms with Gasteiger partial charge in [-0.2, -0.15) is 0 Å². The van der Waals surface area contributed by atoms with Crippen molar-refractivity contribution >= 4 is 35.8 Å². The maximum absolute atomic E-state index is 11.9. The molecule has 0 saturated carbocycles. The lowest BCUT2D eigenvalue weighted by Crippen LogP contribution is -2.43. The molecule has 27 heavy (non-hydrogen) atoms. The van der Waals surface area contributed by atoms with Crippen LogP contribution in [0.5, 0.6) is 0 Å². The van der Waals surface area contributed by atoms with Gasteiger partial charge in [0.2, 0.25) is 0 Å². The molecular weight excluding hydrogens is 457 g/mol. The molecule has 4 N–H and O–H groups in total. The first-order chi connectivity index (χ1) is 12.7. The van der Waals surface area contributed by atoms with Crippen molar-refractivity contribution < 1.29 is 9.90 Å². The van der Waals surface area contributed by atoms with Crippen LogP contribution in [0.2, 0.25) is 0 Å². The fraction of sp³-hybridized carbons (Fsp3) is 0.316. The van der Waals surface area contributed by atoms with Crippen LogP contribution in [-0.4, -0.2) is 55.2 Å². The van der Waals surface area contributed by atoms with Gasteiger partial charge in [0, 0.05) is 45.0 Å². The third-order valence-corrected chi connectivity index (χ3v) is 3.86. The van der Waals surface area contributed by atoms with E-state index in [9.17, 15) is 9.90 Å². The average Bonchev–Trinajstić information content (AvgIpc) is 2.71. The molecule has 0 spiro atoms. The number of benzene rings is 1. The average molecular weight is 483 g/mol. The Morgan fingerprint density at radius 3 is 2.48 bits per heavy atom. The maximum atomic E-state index is 11.9. The summed E-state index contributed by atoms with van der Waals surface area (Å²) in [4.78, 5) is 20.0. The largest absolute Gasteiger partial charge is 0.396 e. The van der Waals surface area contributed by atoms with Gasteiger partial charge in [-0.25, -0.2) is 0 Å². The second-order valence-electron chi connectivity index (χ2n) is 5.67. The molecule has 0 aliphatic heterocycles. The Morgan fingerprint density at radius 1 is 1.11 bits per heavy atom. The first-order valence-electron chi connectivity index (χ1n) is 8.53. The van der Waals surface area contributed by atoms with Crippen LogP contribution in [0, 0.1) is 0 Å². The van der Waals surface area contributed by atoms with E-state index in [4.69, 9.17) is 0 Å². The summed E-state index contributed by atoms with van der Waals surface area (Å²) in [5.41, 5.74) is 1.60. The molecule has 0 bridgehead atoms. The smallest absolute Gasteiger partial charge is 0.252 e. The number of aromatic nitrogens is 1. The van der Waals surface area contributed by atoms with Crippen molar-refractivity contribution in [2.45, 2.75) is 5.92 Å². The number of rotatable bonds is 8. The van der Waals surface area contributed by atoms with Crippen molar-refractivity contribution in [3.05, 3.63) is 66.0 Å². The van der Waals surface area contributed by atoms with E-state index in [0.29, 0.717) is 31.2 Å². The predicted octanol–water partition coefficient (Wildman–Crippen LogP) is 1.37. The molecule has 1 atom stereocenters. The summed E-state index contributed by atoms with van der Waals surface area (Å²) in [6.45, 7) is 1.59. The number of hydrogen-bond acceptors (Lipinski definition) is 4. The number of nitrogens with one attached hydrogen (secondary N) is 3. The van der Waals surface area contributed by atoms with Crippen LogP contribution in [0.3, 0.4) is 0 Å². The minimum atomic E-state index is -0.160. The summed E-state index contributed by atoms with van der Waals surface area (Å²) in [6.07, 6.45) is 3.16. The fourth-order valence-electron chi connectivity index (χ4n) is 2.41. The monoisotopic (exact) mass is 483 g/mol. The quantitative estimate of drug-likeness (QED) is 0.197. The number of aliphatic hydroxyl groups excluding tert-OH is 1. The molecule has 0 fully saturated rings. The van der Waals surface area contributed by atoms with Gasteiger partial charge in [0.25, 0.3) is 5.91 Å². The number of nitrogens with zero attached hydrogens (tertiary/aromatic N) is 2. The molecule has 2 aromatic rings. The van der Waals surface area contributed by atoms with Gasteiger partial charge in [0.1, 0.15) is 0 Å². The summed E-state index contributed by atoms with van der Waals surface area (Å²) in [5, 5.41) is 18.7. The minimum absolute atomic E-state index is 0. The first kappa shape index (κ1) is 22.8. The topological polar surface area (TPSA) is 98.6 Å². The number of carbonyl (C=O) groups excluding carboxylic acids is 1. The molecule has 0 aliphatic carbocycles. The number of guanidine groups is 1. The molecule has 146 valence electrons. The number of aliphatic hydroxyl groups is 1. The highest BCUT2D eigenvalue weighted by Gasteiger charge is 2.10. The molecule has 1 aromatic carbocycles. The number of hydrogen-bond donors (Lipinski definition) is 4. The second kappa shape index (κ2) is 13.0. The van der Waals surface area contributed by atoms with Crippen LogP contribution in [-0.2, 0) is 0 Å². The highest BCUT2D eigenvalue weighted by Crippen LogP contribution is 2.13. The standard InChI is InChI=1S/C19H25N5O2.HI/c1-20-19(24-13-17(14-25)15-6-3-2-4-7-15)23-11-10-22-18(26)16-8-5-9-21-12-16;/h2-9,12,17,25H,10-11,13-14H2,1H3,(H,22,26)(H2,20,23,24);1H. The summed E-state index contributed by atoms with van der Waals surface area (Å²) in [7, 11) is 1.68. The Bertz CT molecular complexity index is 698. The van der Waals surface area contributed by atoms with Crippen LogP contribution >= 0.6 is 24.0 Å². The Balaban J connectivity index is 0.00000364. The lowest BCUT2D eigenvalue weighted by atomic mass is 10.0. The van der Waals surface area contributed by atoms with E-state index < -0.39 is 0 Å². The zero-order valence-corrected chi connectivity index (χ0v) is 17.6. The molecule has 0 saturated heterocycles. The molecule has 0 radical (unpaired) electrons. The zero-order valence-electron chi connectivity index (χ0n) is 15.3. The van der Waals surface area contributed by atoms with Gasteiger partial charge in [-0.05, 0) is 17.7 Å². The van der Waals surface area contributed by atoms with Gasteiger partial charge < -0.3 is 21.1 Å². The third kappa shape index (κ3) is 7.92. The third-order valence-electron chi connectivity index (χ3n) is 3.86. The summed E-state index contributed by atoms with van der Waals surface area (Å²) in [6, 6.07) is 13.3. The fourth-order valence-corrected chi connectivity index (χ4v) is 2.41. The molecule has 2 rings (SSSR count).